The van der Waals surface area contributed by atoms with Crippen LogP contribution in [0.3, 0.4) is 0 Å². The SMILES string of the molecule is C#CCN(CCO)CCCOc1cc2ncncc2cc1OC. The van der Waals surface area contributed by atoms with Crippen LogP contribution in [0.5, 0.6) is 11.5 Å². The van der Waals surface area contributed by atoms with Gasteiger partial charge >= 0.3 is 0 Å². The number of rotatable bonds is 9. The average Bonchev–Trinajstić information content (AvgIpc) is 2.58. The molecule has 0 amide bonds. The molecule has 1 aromatic heterocycles. The summed E-state index contributed by atoms with van der Waals surface area (Å²) in [6.45, 7) is 2.49. The number of methoxy groups -OCH3 is 1. The van der Waals surface area contributed by atoms with Gasteiger partial charge in [-0.1, -0.05) is 5.92 Å². The van der Waals surface area contributed by atoms with Gasteiger partial charge in [-0.3, -0.25) is 4.90 Å². The van der Waals surface area contributed by atoms with Crippen LogP contribution in [-0.2, 0) is 0 Å². The zero-order chi connectivity index (χ0) is 16.5. The van der Waals surface area contributed by atoms with E-state index in [2.05, 4.69) is 15.9 Å². The molecule has 23 heavy (non-hydrogen) atoms. The summed E-state index contributed by atoms with van der Waals surface area (Å²) in [6, 6.07) is 3.71. The smallest absolute Gasteiger partial charge is 0.163 e. The van der Waals surface area contributed by atoms with Crippen molar-refractivity contribution in [2.24, 2.45) is 0 Å². The molecule has 0 bridgehead atoms. The summed E-state index contributed by atoms with van der Waals surface area (Å²) < 4.78 is 11.2. The second kappa shape index (κ2) is 8.93. The Hall–Kier alpha value is -2.36. The number of aliphatic hydroxyl groups is 1. The van der Waals surface area contributed by atoms with Gasteiger partial charge in [0.2, 0.25) is 0 Å². The van der Waals surface area contributed by atoms with Crippen LogP contribution in [0.2, 0.25) is 0 Å². The van der Waals surface area contributed by atoms with Gasteiger partial charge in [0, 0.05) is 30.7 Å². The Morgan fingerprint density at radius 3 is 2.91 bits per heavy atom. The first-order chi connectivity index (χ1) is 11.3. The van der Waals surface area contributed by atoms with Crippen LogP contribution >= 0.6 is 0 Å². The molecule has 0 radical (unpaired) electrons. The lowest BCUT2D eigenvalue weighted by Crippen LogP contribution is -2.29. The van der Waals surface area contributed by atoms with Crippen molar-refractivity contribution < 1.29 is 14.6 Å². The van der Waals surface area contributed by atoms with Crippen LogP contribution in [-0.4, -0.2) is 59.9 Å². The van der Waals surface area contributed by atoms with Gasteiger partial charge in [-0.05, 0) is 12.5 Å². The molecule has 0 aliphatic heterocycles. The number of nitrogens with zero attached hydrogens (tertiary/aromatic N) is 3. The predicted octanol–water partition coefficient (Wildman–Crippen LogP) is 1.33. The molecular formula is C17H21N3O3. The van der Waals surface area contributed by atoms with E-state index < -0.39 is 0 Å². The summed E-state index contributed by atoms with van der Waals surface area (Å²) in [4.78, 5) is 10.2. The van der Waals surface area contributed by atoms with Gasteiger partial charge in [-0.25, -0.2) is 9.97 Å². The van der Waals surface area contributed by atoms with E-state index in [-0.39, 0.29) is 6.61 Å². The Kier molecular flexibility index (Phi) is 6.60. The number of aromatic nitrogens is 2. The van der Waals surface area contributed by atoms with Crippen molar-refractivity contribution >= 4 is 10.9 Å². The Morgan fingerprint density at radius 2 is 2.17 bits per heavy atom. The van der Waals surface area contributed by atoms with Crippen LogP contribution in [0.15, 0.2) is 24.7 Å². The molecule has 1 heterocycles. The van der Waals surface area contributed by atoms with Gasteiger partial charge in [0.1, 0.15) is 6.33 Å². The van der Waals surface area contributed by atoms with Gasteiger partial charge < -0.3 is 14.6 Å². The maximum atomic E-state index is 9.00. The number of hydrogen-bond donors (Lipinski definition) is 1. The van der Waals surface area contributed by atoms with E-state index in [9.17, 15) is 0 Å². The molecule has 1 N–H and O–H groups in total. The third-order valence-electron chi connectivity index (χ3n) is 3.40. The van der Waals surface area contributed by atoms with Gasteiger partial charge in [-0.15, -0.1) is 6.42 Å². The van der Waals surface area contributed by atoms with E-state index in [0.717, 1.165) is 23.9 Å². The molecule has 0 aliphatic rings. The number of ether oxygens (including phenoxy) is 2. The summed E-state index contributed by atoms with van der Waals surface area (Å²) in [7, 11) is 1.60. The molecule has 0 atom stereocenters. The van der Waals surface area contributed by atoms with Crippen molar-refractivity contribution in [3.8, 4) is 23.8 Å². The maximum absolute atomic E-state index is 9.00. The van der Waals surface area contributed by atoms with Gasteiger partial charge in [0.05, 0.1) is 32.4 Å². The fourth-order valence-corrected chi connectivity index (χ4v) is 2.27. The molecule has 122 valence electrons. The van der Waals surface area contributed by atoms with Gasteiger partial charge in [0.15, 0.2) is 11.5 Å². The summed E-state index contributed by atoms with van der Waals surface area (Å²) in [5.74, 6) is 3.90. The number of hydrogen-bond acceptors (Lipinski definition) is 6. The van der Waals surface area contributed by atoms with Crippen LogP contribution < -0.4 is 9.47 Å². The fraction of sp³-hybridized carbons (Fsp3) is 0.412. The highest BCUT2D eigenvalue weighted by atomic mass is 16.5. The van der Waals surface area contributed by atoms with E-state index in [1.807, 2.05) is 17.0 Å². The second-order valence-corrected chi connectivity index (χ2v) is 4.99. The van der Waals surface area contributed by atoms with Crippen LogP contribution in [0, 0.1) is 12.3 Å². The molecule has 0 saturated carbocycles. The number of terminal acetylenes is 1. The zero-order valence-corrected chi connectivity index (χ0v) is 13.2. The largest absolute Gasteiger partial charge is 0.493 e. The monoisotopic (exact) mass is 315 g/mol. The first kappa shape index (κ1) is 17.0. The molecule has 0 aliphatic carbocycles. The summed E-state index contributed by atoms with van der Waals surface area (Å²) in [6.07, 6.45) is 9.35. The van der Waals surface area contributed by atoms with Crippen LogP contribution in [0.1, 0.15) is 6.42 Å². The topological polar surface area (TPSA) is 67.7 Å². The summed E-state index contributed by atoms with van der Waals surface area (Å²) in [5.41, 5.74) is 0.810. The predicted molar refractivity (Wildman–Crippen MR) is 88.6 cm³/mol. The standard InChI is InChI=1S/C17H21N3O3/c1-3-5-20(7-8-21)6-4-9-23-17-11-15-14(10-16(17)22-2)12-18-13-19-15/h1,10-13,21H,4-9H2,2H3. The lowest BCUT2D eigenvalue weighted by molar-refractivity contribution is 0.195. The first-order valence-corrected chi connectivity index (χ1v) is 7.45. The Balaban J connectivity index is 1.94. The number of benzene rings is 1. The minimum atomic E-state index is 0.0980. The van der Waals surface area contributed by atoms with Crippen molar-refractivity contribution in [3.63, 3.8) is 0 Å². The van der Waals surface area contributed by atoms with Crippen molar-refractivity contribution in [1.82, 2.24) is 14.9 Å². The fourth-order valence-electron chi connectivity index (χ4n) is 2.27. The molecule has 6 heteroatoms. The lowest BCUT2D eigenvalue weighted by atomic mass is 10.2. The molecular weight excluding hydrogens is 294 g/mol. The van der Waals surface area contributed by atoms with E-state index in [1.54, 1.807) is 13.3 Å². The highest BCUT2D eigenvalue weighted by molar-refractivity contribution is 5.81. The van der Waals surface area contributed by atoms with Gasteiger partial charge in [0.25, 0.3) is 0 Å². The number of aliphatic hydroxyl groups excluding tert-OH is 1. The maximum Gasteiger partial charge on any atom is 0.163 e. The van der Waals surface area contributed by atoms with Crippen molar-refractivity contribution in [1.29, 1.82) is 0 Å². The van der Waals surface area contributed by atoms with Crippen molar-refractivity contribution in [3.05, 3.63) is 24.7 Å². The average molecular weight is 315 g/mol. The van der Waals surface area contributed by atoms with Gasteiger partial charge in [-0.2, -0.15) is 0 Å². The van der Waals surface area contributed by atoms with E-state index in [0.29, 0.717) is 31.2 Å². The Morgan fingerprint density at radius 1 is 1.30 bits per heavy atom. The van der Waals surface area contributed by atoms with Crippen LogP contribution in [0.4, 0.5) is 0 Å². The summed E-state index contributed by atoms with van der Waals surface area (Å²) in [5, 5.41) is 9.90. The molecule has 0 unspecified atom stereocenters. The first-order valence-electron chi connectivity index (χ1n) is 7.45. The quantitative estimate of drug-likeness (QED) is 0.556. The minimum absolute atomic E-state index is 0.0980. The van der Waals surface area contributed by atoms with E-state index >= 15 is 0 Å². The second-order valence-electron chi connectivity index (χ2n) is 4.99. The third kappa shape index (κ3) is 4.81. The summed E-state index contributed by atoms with van der Waals surface area (Å²) >= 11 is 0. The van der Waals surface area contributed by atoms with Crippen molar-refractivity contribution in [2.45, 2.75) is 6.42 Å². The molecule has 0 fully saturated rings. The van der Waals surface area contributed by atoms with E-state index in [1.165, 1.54) is 6.33 Å². The lowest BCUT2D eigenvalue weighted by Gasteiger charge is -2.18. The molecule has 2 aromatic rings. The molecule has 0 saturated heterocycles. The van der Waals surface area contributed by atoms with Crippen molar-refractivity contribution in [2.75, 3.05) is 40.0 Å². The number of fused-ring (bicyclic) bond motifs is 1. The molecule has 1 aromatic carbocycles. The molecule has 2 rings (SSSR count). The molecule has 6 nitrogen and oxygen atoms in total. The zero-order valence-electron chi connectivity index (χ0n) is 13.2. The minimum Gasteiger partial charge on any atom is -0.493 e. The Labute approximate surface area is 136 Å². The highest BCUT2D eigenvalue weighted by Crippen LogP contribution is 2.31. The van der Waals surface area contributed by atoms with E-state index in [4.69, 9.17) is 21.0 Å². The highest BCUT2D eigenvalue weighted by Gasteiger charge is 2.08. The van der Waals surface area contributed by atoms with Crippen LogP contribution in [0.25, 0.3) is 10.9 Å². The molecule has 0 spiro atoms. The Bertz CT molecular complexity index is 670. The third-order valence-corrected chi connectivity index (χ3v) is 3.40. The normalized spacial score (nSPS) is 10.7.